The van der Waals surface area contributed by atoms with Crippen LogP contribution in [0.15, 0.2) is 42.5 Å². The van der Waals surface area contributed by atoms with Crippen LogP contribution in [0.1, 0.15) is 11.1 Å². The van der Waals surface area contributed by atoms with Gasteiger partial charge in [-0.1, -0.05) is 18.2 Å². The first kappa shape index (κ1) is 13.2. The number of benzene rings is 2. The van der Waals surface area contributed by atoms with E-state index in [1.54, 1.807) is 14.2 Å². The molecule has 3 rings (SSSR count). The first-order valence-electron chi connectivity index (χ1n) is 6.57. The number of hydrogen-bond donors (Lipinski definition) is 1. The van der Waals surface area contributed by atoms with Crippen molar-refractivity contribution in [3.63, 3.8) is 0 Å². The van der Waals surface area contributed by atoms with Crippen molar-refractivity contribution in [2.24, 2.45) is 0 Å². The first-order chi connectivity index (χ1) is 10.2. The molecule has 1 aliphatic heterocycles. The van der Waals surface area contributed by atoms with E-state index < -0.39 is 0 Å². The molecule has 1 aliphatic rings. The number of ether oxygens (including phenoxy) is 2. The number of anilines is 1. The summed E-state index contributed by atoms with van der Waals surface area (Å²) in [5, 5.41) is 2.85. The van der Waals surface area contributed by atoms with Crippen molar-refractivity contribution in [2.45, 2.75) is 0 Å². The lowest BCUT2D eigenvalue weighted by Crippen LogP contribution is -2.03. The van der Waals surface area contributed by atoms with Crippen molar-refractivity contribution < 1.29 is 14.3 Å². The molecule has 2 aromatic carbocycles. The van der Waals surface area contributed by atoms with Crippen LogP contribution in [0.3, 0.4) is 0 Å². The third-order valence-corrected chi connectivity index (χ3v) is 3.45. The Balaban J connectivity index is 2.11. The SMILES string of the molecule is COc1ccc2c(c1)/C(=C\c1ccccc1OC)C(=O)N2. The molecule has 1 N–H and O–H groups in total. The zero-order valence-corrected chi connectivity index (χ0v) is 11.8. The van der Waals surface area contributed by atoms with E-state index in [1.807, 2.05) is 48.5 Å². The van der Waals surface area contributed by atoms with Crippen LogP contribution in [0.25, 0.3) is 11.6 Å². The van der Waals surface area contributed by atoms with Crippen molar-refractivity contribution >= 4 is 23.2 Å². The van der Waals surface area contributed by atoms with Crippen molar-refractivity contribution in [1.29, 1.82) is 0 Å². The summed E-state index contributed by atoms with van der Waals surface area (Å²) in [6.45, 7) is 0. The van der Waals surface area contributed by atoms with E-state index in [1.165, 1.54) is 0 Å². The molecule has 4 nitrogen and oxygen atoms in total. The van der Waals surface area contributed by atoms with Crippen LogP contribution in [0.2, 0.25) is 0 Å². The molecular formula is C17H15NO3. The zero-order valence-electron chi connectivity index (χ0n) is 11.8. The Labute approximate surface area is 123 Å². The number of amides is 1. The number of fused-ring (bicyclic) bond motifs is 1. The second kappa shape index (κ2) is 5.32. The molecule has 4 heteroatoms. The first-order valence-corrected chi connectivity index (χ1v) is 6.57. The number of carbonyl (C=O) groups excluding carboxylic acids is 1. The molecule has 0 atom stereocenters. The van der Waals surface area contributed by atoms with E-state index in [2.05, 4.69) is 5.32 Å². The van der Waals surface area contributed by atoms with Gasteiger partial charge in [-0.25, -0.2) is 0 Å². The topological polar surface area (TPSA) is 47.6 Å². The second-order valence-corrected chi connectivity index (χ2v) is 4.67. The molecule has 1 heterocycles. The van der Waals surface area contributed by atoms with E-state index in [0.717, 1.165) is 28.3 Å². The quantitative estimate of drug-likeness (QED) is 0.879. The Morgan fingerprint density at radius 3 is 2.62 bits per heavy atom. The van der Waals surface area contributed by atoms with Gasteiger partial charge in [-0.15, -0.1) is 0 Å². The summed E-state index contributed by atoms with van der Waals surface area (Å²) in [4.78, 5) is 12.2. The van der Waals surface area contributed by atoms with Crippen LogP contribution < -0.4 is 14.8 Å². The molecule has 0 unspecified atom stereocenters. The largest absolute Gasteiger partial charge is 0.497 e. The number of para-hydroxylation sites is 1. The van der Waals surface area contributed by atoms with Gasteiger partial charge in [-0.05, 0) is 30.3 Å². The van der Waals surface area contributed by atoms with Gasteiger partial charge in [0.15, 0.2) is 0 Å². The molecule has 0 fully saturated rings. The van der Waals surface area contributed by atoms with Gasteiger partial charge in [0.2, 0.25) is 0 Å². The molecule has 1 amide bonds. The Hall–Kier alpha value is -2.75. The maximum Gasteiger partial charge on any atom is 0.256 e. The van der Waals surface area contributed by atoms with E-state index in [0.29, 0.717) is 5.57 Å². The van der Waals surface area contributed by atoms with Gasteiger partial charge >= 0.3 is 0 Å². The van der Waals surface area contributed by atoms with Crippen LogP contribution in [-0.2, 0) is 4.79 Å². The molecule has 0 saturated carbocycles. The maximum atomic E-state index is 12.2. The fourth-order valence-electron chi connectivity index (χ4n) is 2.38. The van der Waals surface area contributed by atoms with Gasteiger partial charge in [0.25, 0.3) is 5.91 Å². The highest BCUT2D eigenvalue weighted by Crippen LogP contribution is 2.36. The van der Waals surface area contributed by atoms with Gasteiger partial charge in [0.05, 0.1) is 14.2 Å². The summed E-state index contributed by atoms with van der Waals surface area (Å²) in [6, 6.07) is 13.1. The van der Waals surface area contributed by atoms with E-state index in [4.69, 9.17) is 9.47 Å². The standard InChI is InChI=1S/C17H15NO3/c1-20-12-7-8-15-13(10-12)14(17(19)18-15)9-11-5-3-4-6-16(11)21-2/h3-10H,1-2H3,(H,18,19)/b14-9+. The lowest BCUT2D eigenvalue weighted by molar-refractivity contribution is -0.110. The van der Waals surface area contributed by atoms with Crippen LogP contribution >= 0.6 is 0 Å². The Morgan fingerprint density at radius 2 is 1.86 bits per heavy atom. The number of methoxy groups -OCH3 is 2. The molecule has 0 aromatic heterocycles. The summed E-state index contributed by atoms with van der Waals surface area (Å²) < 4.78 is 10.5. The summed E-state index contributed by atoms with van der Waals surface area (Å²) in [6.07, 6.45) is 1.83. The molecule has 2 aromatic rings. The van der Waals surface area contributed by atoms with Crippen LogP contribution in [0.4, 0.5) is 5.69 Å². The van der Waals surface area contributed by atoms with E-state index in [9.17, 15) is 4.79 Å². The van der Waals surface area contributed by atoms with E-state index >= 15 is 0 Å². The third-order valence-electron chi connectivity index (χ3n) is 3.45. The van der Waals surface area contributed by atoms with Gasteiger partial charge < -0.3 is 14.8 Å². The minimum absolute atomic E-state index is 0.121. The minimum atomic E-state index is -0.121. The molecule has 0 radical (unpaired) electrons. The van der Waals surface area contributed by atoms with Crippen LogP contribution in [0, 0.1) is 0 Å². The predicted octanol–water partition coefficient (Wildman–Crippen LogP) is 3.20. The second-order valence-electron chi connectivity index (χ2n) is 4.67. The average Bonchev–Trinajstić information content (AvgIpc) is 2.83. The minimum Gasteiger partial charge on any atom is -0.497 e. The fourth-order valence-corrected chi connectivity index (χ4v) is 2.38. The van der Waals surface area contributed by atoms with Gasteiger partial charge in [-0.3, -0.25) is 4.79 Å². The van der Waals surface area contributed by atoms with Crippen molar-refractivity contribution in [2.75, 3.05) is 19.5 Å². The number of nitrogens with one attached hydrogen (secondary N) is 1. The number of carbonyl (C=O) groups is 1. The number of rotatable bonds is 3. The molecular weight excluding hydrogens is 266 g/mol. The Morgan fingerprint density at radius 1 is 1.05 bits per heavy atom. The highest BCUT2D eigenvalue weighted by atomic mass is 16.5. The third kappa shape index (κ3) is 2.36. The van der Waals surface area contributed by atoms with Crippen molar-refractivity contribution in [3.05, 3.63) is 53.6 Å². The summed E-state index contributed by atoms with van der Waals surface area (Å²) >= 11 is 0. The summed E-state index contributed by atoms with van der Waals surface area (Å²) in [5.41, 5.74) is 3.10. The predicted molar refractivity (Wildman–Crippen MR) is 82.5 cm³/mol. The fraction of sp³-hybridized carbons (Fsp3) is 0.118. The highest BCUT2D eigenvalue weighted by molar-refractivity contribution is 6.35. The van der Waals surface area contributed by atoms with E-state index in [-0.39, 0.29) is 5.91 Å². The summed E-state index contributed by atoms with van der Waals surface area (Å²) in [7, 11) is 3.22. The van der Waals surface area contributed by atoms with Gasteiger partial charge in [-0.2, -0.15) is 0 Å². The maximum absolute atomic E-state index is 12.2. The lowest BCUT2D eigenvalue weighted by atomic mass is 10.0. The highest BCUT2D eigenvalue weighted by Gasteiger charge is 2.24. The van der Waals surface area contributed by atoms with Crippen molar-refractivity contribution in [1.82, 2.24) is 0 Å². The molecule has 0 bridgehead atoms. The van der Waals surface area contributed by atoms with Crippen LogP contribution in [-0.4, -0.2) is 20.1 Å². The number of hydrogen-bond acceptors (Lipinski definition) is 3. The molecule has 0 spiro atoms. The Bertz CT molecular complexity index is 735. The normalized spacial score (nSPS) is 14.8. The molecule has 0 saturated heterocycles. The molecule has 106 valence electrons. The smallest absolute Gasteiger partial charge is 0.256 e. The Kier molecular flexibility index (Phi) is 3.36. The molecule has 21 heavy (non-hydrogen) atoms. The van der Waals surface area contributed by atoms with Crippen molar-refractivity contribution in [3.8, 4) is 11.5 Å². The van der Waals surface area contributed by atoms with Gasteiger partial charge in [0, 0.05) is 22.4 Å². The molecule has 0 aliphatic carbocycles. The summed E-state index contributed by atoms with van der Waals surface area (Å²) in [5.74, 6) is 1.33. The van der Waals surface area contributed by atoms with Crippen LogP contribution in [0.5, 0.6) is 11.5 Å². The van der Waals surface area contributed by atoms with Gasteiger partial charge in [0.1, 0.15) is 11.5 Å². The zero-order chi connectivity index (χ0) is 14.8. The lowest BCUT2D eigenvalue weighted by Gasteiger charge is -2.06. The monoisotopic (exact) mass is 281 g/mol. The average molecular weight is 281 g/mol.